The molecule has 0 spiro atoms. The summed E-state index contributed by atoms with van der Waals surface area (Å²) in [6.45, 7) is 6.04. The van der Waals surface area contributed by atoms with E-state index in [9.17, 15) is 4.79 Å². The summed E-state index contributed by atoms with van der Waals surface area (Å²) in [5, 5.41) is 3.39. The minimum atomic E-state index is 0. The van der Waals surface area contributed by atoms with Gasteiger partial charge in [-0.15, -0.1) is 12.4 Å². The average Bonchev–Trinajstić information content (AvgIpc) is 3.09. The molecule has 3 heterocycles. The molecule has 0 aromatic rings. The van der Waals surface area contributed by atoms with Crippen molar-refractivity contribution in [3.63, 3.8) is 0 Å². The molecule has 20 heavy (non-hydrogen) atoms. The number of fused-ring (bicyclic) bond motifs is 1. The predicted octanol–water partition coefficient (Wildman–Crippen LogP) is 0.672. The Bertz CT molecular complexity index is 312. The van der Waals surface area contributed by atoms with Gasteiger partial charge in [0, 0.05) is 32.8 Å². The van der Waals surface area contributed by atoms with Gasteiger partial charge in [0.25, 0.3) is 0 Å². The number of nitrogens with zero attached hydrogens (tertiary/aromatic N) is 1. The van der Waals surface area contributed by atoms with Gasteiger partial charge in [-0.3, -0.25) is 4.79 Å². The molecule has 0 bridgehead atoms. The van der Waals surface area contributed by atoms with E-state index in [0.717, 1.165) is 45.6 Å². The van der Waals surface area contributed by atoms with Crippen LogP contribution < -0.4 is 5.32 Å². The van der Waals surface area contributed by atoms with Crippen LogP contribution in [-0.2, 0) is 14.3 Å². The number of ether oxygens (including phenoxy) is 2. The third-order valence-corrected chi connectivity index (χ3v) is 4.53. The van der Waals surface area contributed by atoms with Crippen LogP contribution in [0.15, 0.2) is 0 Å². The van der Waals surface area contributed by atoms with Crippen LogP contribution in [-0.4, -0.2) is 62.9 Å². The van der Waals surface area contributed by atoms with Crippen LogP contribution in [0.3, 0.4) is 0 Å². The lowest BCUT2D eigenvalue weighted by Crippen LogP contribution is -2.32. The van der Waals surface area contributed by atoms with E-state index in [0.29, 0.717) is 31.5 Å². The highest BCUT2D eigenvalue weighted by atomic mass is 35.5. The molecular formula is C14H25ClN2O3. The van der Waals surface area contributed by atoms with Gasteiger partial charge in [-0.05, 0) is 24.7 Å². The van der Waals surface area contributed by atoms with Crippen LogP contribution in [0, 0.1) is 11.8 Å². The third-order valence-electron chi connectivity index (χ3n) is 4.53. The number of hydrogen-bond donors (Lipinski definition) is 1. The maximum atomic E-state index is 12.1. The van der Waals surface area contributed by atoms with Gasteiger partial charge in [0.15, 0.2) is 0 Å². The maximum absolute atomic E-state index is 12.1. The van der Waals surface area contributed by atoms with Crippen molar-refractivity contribution in [3.8, 4) is 0 Å². The van der Waals surface area contributed by atoms with Crippen LogP contribution >= 0.6 is 12.4 Å². The SMILES string of the molecule is Cl.O=C(CCOCC1CCCO1)N1C[C@H]2CNC[C@H]2C1. The van der Waals surface area contributed by atoms with Crippen molar-refractivity contribution >= 4 is 18.3 Å². The number of rotatable bonds is 5. The van der Waals surface area contributed by atoms with Crippen molar-refractivity contribution in [1.29, 1.82) is 0 Å². The van der Waals surface area contributed by atoms with Gasteiger partial charge in [0.1, 0.15) is 0 Å². The smallest absolute Gasteiger partial charge is 0.224 e. The lowest BCUT2D eigenvalue weighted by Gasteiger charge is -2.17. The van der Waals surface area contributed by atoms with Crippen LogP contribution in [0.25, 0.3) is 0 Å². The van der Waals surface area contributed by atoms with E-state index in [-0.39, 0.29) is 24.4 Å². The summed E-state index contributed by atoms with van der Waals surface area (Å²) in [7, 11) is 0. The van der Waals surface area contributed by atoms with Crippen LogP contribution in [0.2, 0.25) is 0 Å². The van der Waals surface area contributed by atoms with Crippen molar-refractivity contribution in [3.05, 3.63) is 0 Å². The molecule has 116 valence electrons. The Morgan fingerprint density at radius 1 is 1.30 bits per heavy atom. The molecule has 0 saturated carbocycles. The van der Waals surface area contributed by atoms with Gasteiger partial charge in [-0.1, -0.05) is 0 Å². The topological polar surface area (TPSA) is 50.8 Å². The Labute approximate surface area is 126 Å². The molecular weight excluding hydrogens is 280 g/mol. The first-order chi connectivity index (χ1) is 9.33. The summed E-state index contributed by atoms with van der Waals surface area (Å²) in [5.41, 5.74) is 0. The molecule has 6 heteroatoms. The van der Waals surface area contributed by atoms with E-state index in [1.807, 2.05) is 4.90 Å². The second kappa shape index (κ2) is 7.59. The molecule has 3 aliphatic rings. The number of hydrogen-bond acceptors (Lipinski definition) is 4. The Morgan fingerprint density at radius 3 is 2.70 bits per heavy atom. The Kier molecular flexibility index (Phi) is 6.08. The van der Waals surface area contributed by atoms with E-state index in [1.165, 1.54) is 0 Å². The third kappa shape index (κ3) is 3.85. The zero-order chi connectivity index (χ0) is 13.1. The second-order valence-corrected chi connectivity index (χ2v) is 5.94. The Morgan fingerprint density at radius 2 is 2.05 bits per heavy atom. The van der Waals surface area contributed by atoms with Crippen molar-refractivity contribution in [2.24, 2.45) is 11.8 Å². The summed E-state index contributed by atoms with van der Waals surface area (Å²) >= 11 is 0. The predicted molar refractivity (Wildman–Crippen MR) is 78.1 cm³/mol. The molecule has 3 fully saturated rings. The summed E-state index contributed by atoms with van der Waals surface area (Å²) < 4.78 is 11.0. The number of carbonyl (C=O) groups is 1. The highest BCUT2D eigenvalue weighted by Gasteiger charge is 2.37. The lowest BCUT2D eigenvalue weighted by atomic mass is 10.0. The lowest BCUT2D eigenvalue weighted by molar-refractivity contribution is -0.131. The molecule has 3 atom stereocenters. The van der Waals surface area contributed by atoms with Gasteiger partial charge in [-0.2, -0.15) is 0 Å². The summed E-state index contributed by atoms with van der Waals surface area (Å²) in [6, 6.07) is 0. The molecule has 0 aromatic carbocycles. The number of halogens is 1. The highest BCUT2D eigenvalue weighted by molar-refractivity contribution is 5.85. The highest BCUT2D eigenvalue weighted by Crippen LogP contribution is 2.26. The first-order valence-electron chi connectivity index (χ1n) is 7.51. The molecule has 0 radical (unpaired) electrons. The summed E-state index contributed by atoms with van der Waals surface area (Å²) in [6.07, 6.45) is 3.00. The second-order valence-electron chi connectivity index (χ2n) is 5.94. The first-order valence-corrected chi connectivity index (χ1v) is 7.51. The molecule has 0 aliphatic carbocycles. The Hall–Kier alpha value is -0.360. The number of likely N-dealkylation sites (tertiary alicyclic amines) is 1. The molecule has 0 aromatic heterocycles. The molecule has 3 rings (SSSR count). The van der Waals surface area contributed by atoms with Crippen molar-refractivity contribution < 1.29 is 14.3 Å². The normalized spacial score (nSPS) is 32.2. The molecule has 3 aliphatic heterocycles. The molecule has 1 amide bonds. The quantitative estimate of drug-likeness (QED) is 0.759. The average molecular weight is 305 g/mol. The maximum Gasteiger partial charge on any atom is 0.224 e. The molecule has 1 unspecified atom stereocenters. The number of amides is 1. The van der Waals surface area contributed by atoms with E-state index >= 15 is 0 Å². The minimum Gasteiger partial charge on any atom is -0.378 e. The van der Waals surface area contributed by atoms with Crippen LogP contribution in [0.5, 0.6) is 0 Å². The minimum absolute atomic E-state index is 0. The summed E-state index contributed by atoms with van der Waals surface area (Å²) in [4.78, 5) is 14.1. The molecule has 3 saturated heterocycles. The number of nitrogens with one attached hydrogen (secondary N) is 1. The first kappa shape index (κ1) is 16.0. The molecule has 1 N–H and O–H groups in total. The zero-order valence-electron chi connectivity index (χ0n) is 11.9. The van der Waals surface area contributed by atoms with Crippen molar-refractivity contribution in [2.45, 2.75) is 25.4 Å². The van der Waals surface area contributed by atoms with Crippen LogP contribution in [0.4, 0.5) is 0 Å². The van der Waals surface area contributed by atoms with Crippen molar-refractivity contribution in [1.82, 2.24) is 10.2 Å². The van der Waals surface area contributed by atoms with E-state index in [2.05, 4.69) is 5.32 Å². The van der Waals surface area contributed by atoms with Gasteiger partial charge < -0.3 is 19.7 Å². The van der Waals surface area contributed by atoms with E-state index in [1.54, 1.807) is 0 Å². The standard InChI is InChI=1S/C14H24N2O3.ClH/c17-14(3-5-18-10-13-2-1-4-19-13)16-8-11-6-15-7-12(11)9-16;/h11-13,15H,1-10H2;1H/t11-,12+,13?;. The van der Waals surface area contributed by atoms with Crippen molar-refractivity contribution in [2.75, 3.05) is 46.0 Å². The summed E-state index contributed by atoms with van der Waals surface area (Å²) in [5.74, 6) is 1.61. The molecule has 5 nitrogen and oxygen atoms in total. The fraction of sp³-hybridized carbons (Fsp3) is 0.929. The largest absolute Gasteiger partial charge is 0.378 e. The fourth-order valence-electron chi connectivity index (χ4n) is 3.37. The monoisotopic (exact) mass is 304 g/mol. The Balaban J connectivity index is 0.00000147. The van der Waals surface area contributed by atoms with Crippen LogP contribution in [0.1, 0.15) is 19.3 Å². The van der Waals surface area contributed by atoms with Gasteiger partial charge in [0.2, 0.25) is 5.91 Å². The number of carbonyl (C=O) groups excluding carboxylic acids is 1. The van der Waals surface area contributed by atoms with Gasteiger partial charge >= 0.3 is 0 Å². The zero-order valence-corrected chi connectivity index (χ0v) is 12.7. The fourth-order valence-corrected chi connectivity index (χ4v) is 3.37. The van der Waals surface area contributed by atoms with Gasteiger partial charge in [0.05, 0.1) is 25.7 Å². The van der Waals surface area contributed by atoms with E-state index in [4.69, 9.17) is 9.47 Å². The van der Waals surface area contributed by atoms with E-state index < -0.39 is 0 Å². The van der Waals surface area contributed by atoms with Gasteiger partial charge in [-0.25, -0.2) is 0 Å².